The van der Waals surface area contributed by atoms with Crippen LogP contribution in [-0.2, 0) is 16.1 Å². The Balaban J connectivity index is 1.61. The average molecular weight is 331 g/mol. The number of thiazole rings is 1. The Morgan fingerprint density at radius 2 is 2.17 bits per heavy atom. The van der Waals surface area contributed by atoms with Crippen LogP contribution in [0.25, 0.3) is 4.96 Å². The van der Waals surface area contributed by atoms with Crippen molar-refractivity contribution in [3.05, 3.63) is 52.2 Å². The molecule has 3 aromatic heterocycles. The summed E-state index contributed by atoms with van der Waals surface area (Å²) in [6.07, 6.45) is 4.84. The van der Waals surface area contributed by atoms with Crippen molar-refractivity contribution in [2.75, 3.05) is 18.5 Å². The quantitative estimate of drug-likeness (QED) is 0.637. The first kappa shape index (κ1) is 15.1. The Hall–Kier alpha value is -2.81. The molecule has 0 aromatic carbocycles. The van der Waals surface area contributed by atoms with Crippen LogP contribution in [0.15, 0.2) is 40.9 Å². The highest BCUT2D eigenvalue weighted by Crippen LogP contribution is 2.07. The van der Waals surface area contributed by atoms with Gasteiger partial charge < -0.3 is 9.64 Å². The molecule has 118 valence electrons. The fraction of sp³-hybridized carbons (Fsp3) is 0.214. The highest BCUT2D eigenvalue weighted by Gasteiger charge is 2.11. The number of nitrogens with zero attached hydrogens (tertiary/aromatic N) is 5. The lowest BCUT2D eigenvalue weighted by Crippen LogP contribution is -2.28. The summed E-state index contributed by atoms with van der Waals surface area (Å²) >= 11 is 1.34. The maximum atomic E-state index is 11.9. The Kier molecular flexibility index (Phi) is 4.29. The zero-order chi connectivity index (χ0) is 16.2. The Morgan fingerprint density at radius 3 is 2.96 bits per heavy atom. The van der Waals surface area contributed by atoms with Crippen molar-refractivity contribution in [2.45, 2.75) is 6.61 Å². The first-order chi connectivity index (χ1) is 11.1. The summed E-state index contributed by atoms with van der Waals surface area (Å²) in [5, 5.41) is 1.77. The topological polar surface area (TPSA) is 89.7 Å². The van der Waals surface area contributed by atoms with Crippen LogP contribution in [0.5, 0.6) is 0 Å². The first-order valence-corrected chi connectivity index (χ1v) is 7.61. The minimum absolute atomic E-state index is 0.00421. The molecular formula is C14H13N5O3S. The Morgan fingerprint density at radius 1 is 1.39 bits per heavy atom. The van der Waals surface area contributed by atoms with Gasteiger partial charge in [-0.3, -0.25) is 14.0 Å². The van der Waals surface area contributed by atoms with E-state index in [0.29, 0.717) is 16.6 Å². The maximum Gasteiger partial charge on any atom is 0.326 e. The molecular weight excluding hydrogens is 318 g/mol. The Bertz CT molecular complexity index is 877. The van der Waals surface area contributed by atoms with E-state index in [1.165, 1.54) is 21.8 Å². The van der Waals surface area contributed by atoms with Gasteiger partial charge in [0.15, 0.2) is 4.96 Å². The summed E-state index contributed by atoms with van der Waals surface area (Å²) in [4.78, 5) is 38.2. The number of likely N-dealkylation sites (N-methyl/N-ethyl adjacent to an activating group) is 1. The van der Waals surface area contributed by atoms with Gasteiger partial charge in [-0.25, -0.2) is 15.0 Å². The van der Waals surface area contributed by atoms with Gasteiger partial charge in [0.1, 0.15) is 13.2 Å². The molecule has 0 saturated heterocycles. The number of carbonyl (C=O) groups excluding carboxylic acids is 1. The number of rotatable bonds is 5. The molecule has 0 bridgehead atoms. The van der Waals surface area contributed by atoms with Gasteiger partial charge in [0, 0.05) is 37.1 Å². The molecule has 0 saturated carbocycles. The standard InChI is InChI=1S/C14H13N5O3S/c1-18(13-15-3-2-4-16-13)8-12(21)22-9-10-7-11(20)19-5-6-23-14(19)17-10/h2-7H,8-9H2,1H3. The van der Waals surface area contributed by atoms with Crippen molar-refractivity contribution in [2.24, 2.45) is 0 Å². The van der Waals surface area contributed by atoms with E-state index in [9.17, 15) is 9.59 Å². The lowest BCUT2D eigenvalue weighted by Gasteiger charge is -2.15. The second-order valence-corrected chi connectivity index (χ2v) is 5.58. The van der Waals surface area contributed by atoms with E-state index in [2.05, 4.69) is 15.0 Å². The van der Waals surface area contributed by atoms with Gasteiger partial charge in [0.05, 0.1) is 5.69 Å². The molecule has 0 radical (unpaired) electrons. The third-order valence-corrected chi connectivity index (χ3v) is 3.75. The molecule has 9 heteroatoms. The zero-order valence-electron chi connectivity index (χ0n) is 12.2. The van der Waals surface area contributed by atoms with Crippen molar-refractivity contribution in [3.8, 4) is 0 Å². The van der Waals surface area contributed by atoms with Crippen LogP contribution in [0.2, 0.25) is 0 Å². The van der Waals surface area contributed by atoms with Gasteiger partial charge in [-0.1, -0.05) is 0 Å². The predicted molar refractivity (Wildman–Crippen MR) is 84.4 cm³/mol. The maximum absolute atomic E-state index is 11.9. The van der Waals surface area contributed by atoms with Crippen LogP contribution in [0.4, 0.5) is 5.95 Å². The number of aromatic nitrogens is 4. The van der Waals surface area contributed by atoms with Crippen LogP contribution in [-0.4, -0.2) is 38.9 Å². The molecule has 0 aliphatic carbocycles. The van der Waals surface area contributed by atoms with Gasteiger partial charge >= 0.3 is 5.97 Å². The van der Waals surface area contributed by atoms with Gasteiger partial charge in [-0.2, -0.15) is 0 Å². The zero-order valence-corrected chi connectivity index (χ0v) is 13.1. The van der Waals surface area contributed by atoms with E-state index in [4.69, 9.17) is 4.74 Å². The molecule has 0 fully saturated rings. The SMILES string of the molecule is CN(CC(=O)OCc1cc(=O)n2ccsc2n1)c1ncccn1. The van der Waals surface area contributed by atoms with Crippen LogP contribution in [0, 0.1) is 0 Å². The third-order valence-electron chi connectivity index (χ3n) is 3.00. The molecule has 0 spiro atoms. The number of hydrogen-bond donors (Lipinski definition) is 0. The summed E-state index contributed by atoms with van der Waals surface area (Å²) < 4.78 is 6.60. The van der Waals surface area contributed by atoms with Gasteiger partial charge in [-0.15, -0.1) is 11.3 Å². The predicted octanol–water partition coefficient (Wildman–Crippen LogP) is 0.726. The fourth-order valence-electron chi connectivity index (χ4n) is 1.91. The molecule has 3 aromatic rings. The van der Waals surface area contributed by atoms with Crippen LogP contribution < -0.4 is 10.5 Å². The van der Waals surface area contributed by atoms with E-state index in [-0.39, 0.29) is 18.7 Å². The molecule has 0 aliphatic rings. The third kappa shape index (κ3) is 3.51. The largest absolute Gasteiger partial charge is 0.458 e. The van der Waals surface area contributed by atoms with Crippen molar-refractivity contribution < 1.29 is 9.53 Å². The summed E-state index contributed by atoms with van der Waals surface area (Å²) in [6, 6.07) is 3.05. The van der Waals surface area contributed by atoms with E-state index >= 15 is 0 Å². The van der Waals surface area contributed by atoms with E-state index in [1.807, 2.05) is 0 Å². The molecule has 0 N–H and O–H groups in total. The Labute approximate surface area is 135 Å². The summed E-state index contributed by atoms with van der Waals surface area (Å²) in [5.41, 5.74) is 0.224. The average Bonchev–Trinajstić information content (AvgIpc) is 3.03. The van der Waals surface area contributed by atoms with E-state index in [1.54, 1.807) is 42.0 Å². The van der Waals surface area contributed by atoms with Crippen LogP contribution in [0.3, 0.4) is 0 Å². The van der Waals surface area contributed by atoms with Crippen molar-refractivity contribution in [1.82, 2.24) is 19.4 Å². The normalized spacial score (nSPS) is 10.7. The number of ether oxygens (including phenoxy) is 1. The number of anilines is 1. The van der Waals surface area contributed by atoms with Crippen molar-refractivity contribution >= 4 is 28.2 Å². The lowest BCUT2D eigenvalue weighted by atomic mass is 10.4. The molecule has 3 heterocycles. The number of fused-ring (bicyclic) bond motifs is 1. The second kappa shape index (κ2) is 6.53. The molecule has 23 heavy (non-hydrogen) atoms. The first-order valence-electron chi connectivity index (χ1n) is 6.73. The highest BCUT2D eigenvalue weighted by atomic mass is 32.1. The van der Waals surface area contributed by atoms with Gasteiger partial charge in [0.2, 0.25) is 5.95 Å². The van der Waals surface area contributed by atoms with Crippen LogP contribution >= 0.6 is 11.3 Å². The fourth-order valence-corrected chi connectivity index (χ4v) is 2.65. The molecule has 8 nitrogen and oxygen atoms in total. The molecule has 0 aliphatic heterocycles. The molecule has 0 amide bonds. The lowest BCUT2D eigenvalue weighted by molar-refractivity contribution is -0.143. The molecule has 3 rings (SSSR count). The second-order valence-electron chi connectivity index (χ2n) is 4.71. The van der Waals surface area contributed by atoms with E-state index < -0.39 is 5.97 Å². The highest BCUT2D eigenvalue weighted by molar-refractivity contribution is 7.15. The molecule has 0 unspecified atom stereocenters. The number of esters is 1. The number of hydrogen-bond acceptors (Lipinski definition) is 8. The number of carbonyl (C=O) groups is 1. The summed E-state index contributed by atoms with van der Waals surface area (Å²) in [5.74, 6) is -0.0195. The monoisotopic (exact) mass is 331 g/mol. The van der Waals surface area contributed by atoms with Crippen molar-refractivity contribution in [1.29, 1.82) is 0 Å². The van der Waals surface area contributed by atoms with E-state index in [0.717, 1.165) is 0 Å². The van der Waals surface area contributed by atoms with Gasteiger partial charge in [0.25, 0.3) is 5.56 Å². The summed E-state index contributed by atoms with van der Waals surface area (Å²) in [7, 11) is 1.69. The van der Waals surface area contributed by atoms with Crippen molar-refractivity contribution in [3.63, 3.8) is 0 Å². The smallest absolute Gasteiger partial charge is 0.326 e. The minimum atomic E-state index is -0.451. The summed E-state index contributed by atoms with van der Waals surface area (Å²) in [6.45, 7) is -0.0454. The van der Waals surface area contributed by atoms with Crippen LogP contribution in [0.1, 0.15) is 5.69 Å². The molecule has 0 atom stereocenters. The van der Waals surface area contributed by atoms with Gasteiger partial charge in [-0.05, 0) is 6.07 Å². The minimum Gasteiger partial charge on any atom is -0.458 e.